The van der Waals surface area contributed by atoms with Gasteiger partial charge in [-0.25, -0.2) is 14.4 Å². The van der Waals surface area contributed by atoms with Crippen molar-refractivity contribution >= 4 is 11.5 Å². The van der Waals surface area contributed by atoms with Crippen LogP contribution in [0.1, 0.15) is 19.4 Å². The molecule has 0 atom stereocenters. The Hall–Kier alpha value is -2.43. The van der Waals surface area contributed by atoms with Crippen LogP contribution in [0.2, 0.25) is 0 Å². The van der Waals surface area contributed by atoms with Crippen molar-refractivity contribution in [3.63, 3.8) is 0 Å². The number of imidazole rings is 1. The van der Waals surface area contributed by atoms with Crippen molar-refractivity contribution in [3.8, 4) is 11.3 Å². The lowest BCUT2D eigenvalue weighted by atomic mass is 10.1. The first-order chi connectivity index (χ1) is 10.5. The topological polar surface area (TPSA) is 42.2 Å². The highest BCUT2D eigenvalue weighted by atomic mass is 19.1. The first-order valence-corrected chi connectivity index (χ1v) is 7.38. The fourth-order valence-corrected chi connectivity index (χ4v) is 2.31. The molecule has 0 aliphatic carbocycles. The number of halogens is 1. The molecule has 0 aliphatic heterocycles. The lowest BCUT2D eigenvalue weighted by Gasteiger charge is -2.12. The summed E-state index contributed by atoms with van der Waals surface area (Å²) in [5, 5.41) is 3.30. The van der Waals surface area contributed by atoms with E-state index < -0.39 is 0 Å². The molecule has 3 aromatic rings. The van der Waals surface area contributed by atoms with Crippen molar-refractivity contribution in [2.24, 2.45) is 5.92 Å². The van der Waals surface area contributed by atoms with E-state index in [1.54, 1.807) is 18.5 Å². The molecule has 0 radical (unpaired) electrons. The number of benzene rings is 1. The maximum absolute atomic E-state index is 14.2. The minimum atomic E-state index is -0.262. The van der Waals surface area contributed by atoms with Crippen LogP contribution in [0.15, 0.2) is 36.8 Å². The van der Waals surface area contributed by atoms with Crippen LogP contribution in [0.4, 0.5) is 10.2 Å². The maximum Gasteiger partial charge on any atom is 0.180 e. The van der Waals surface area contributed by atoms with E-state index in [9.17, 15) is 4.39 Å². The number of hydrogen-bond donors (Lipinski definition) is 1. The minimum Gasteiger partial charge on any atom is -0.367 e. The van der Waals surface area contributed by atoms with E-state index in [0.29, 0.717) is 23.0 Å². The standard InChI is InChI=1S/C17H19FN4/c1-11(2)9-20-16-17-19-6-7-22(17)10-15(21-16)13-5-4-12(3)8-14(13)18/h4-8,10-11H,9H2,1-3H3,(H,20,21). The fourth-order valence-electron chi connectivity index (χ4n) is 2.31. The van der Waals surface area contributed by atoms with Crippen LogP contribution in [0, 0.1) is 18.7 Å². The first-order valence-electron chi connectivity index (χ1n) is 7.38. The van der Waals surface area contributed by atoms with Crippen molar-refractivity contribution in [1.82, 2.24) is 14.4 Å². The van der Waals surface area contributed by atoms with E-state index in [-0.39, 0.29) is 5.82 Å². The van der Waals surface area contributed by atoms with Crippen molar-refractivity contribution in [3.05, 3.63) is 48.2 Å². The highest BCUT2D eigenvalue weighted by molar-refractivity contribution is 5.69. The first kappa shape index (κ1) is 14.5. The number of fused-ring (bicyclic) bond motifs is 1. The molecule has 5 heteroatoms. The van der Waals surface area contributed by atoms with Gasteiger partial charge in [0.15, 0.2) is 11.5 Å². The Balaban J connectivity index is 2.10. The number of nitrogens with one attached hydrogen (secondary N) is 1. The van der Waals surface area contributed by atoms with Crippen LogP contribution in [-0.4, -0.2) is 20.9 Å². The van der Waals surface area contributed by atoms with Crippen LogP contribution >= 0.6 is 0 Å². The second kappa shape index (κ2) is 5.75. The summed E-state index contributed by atoms with van der Waals surface area (Å²) in [5.41, 5.74) is 2.73. The SMILES string of the molecule is Cc1ccc(-c2cn3ccnc3c(NCC(C)C)n2)c(F)c1. The van der Waals surface area contributed by atoms with Crippen molar-refractivity contribution < 1.29 is 4.39 Å². The molecule has 1 N–H and O–H groups in total. The number of aromatic nitrogens is 3. The Bertz CT molecular complexity index is 808. The van der Waals surface area contributed by atoms with Gasteiger partial charge >= 0.3 is 0 Å². The van der Waals surface area contributed by atoms with Gasteiger partial charge < -0.3 is 9.72 Å². The summed E-state index contributed by atoms with van der Waals surface area (Å²) in [6, 6.07) is 5.18. The molecule has 0 spiro atoms. The summed E-state index contributed by atoms with van der Waals surface area (Å²) in [6.45, 7) is 6.91. The summed E-state index contributed by atoms with van der Waals surface area (Å²) in [6.07, 6.45) is 5.36. The van der Waals surface area contributed by atoms with Gasteiger partial charge in [-0.15, -0.1) is 0 Å². The monoisotopic (exact) mass is 298 g/mol. The Morgan fingerprint density at radius 1 is 1.32 bits per heavy atom. The maximum atomic E-state index is 14.2. The summed E-state index contributed by atoms with van der Waals surface area (Å²) in [4.78, 5) is 8.88. The van der Waals surface area contributed by atoms with E-state index in [1.807, 2.05) is 23.6 Å². The molecule has 3 rings (SSSR count). The predicted octanol–water partition coefficient (Wildman–Crippen LogP) is 3.91. The summed E-state index contributed by atoms with van der Waals surface area (Å²) >= 11 is 0. The predicted molar refractivity (Wildman–Crippen MR) is 86.4 cm³/mol. The van der Waals surface area contributed by atoms with Crippen LogP contribution in [0.25, 0.3) is 16.9 Å². The highest BCUT2D eigenvalue weighted by Crippen LogP contribution is 2.25. The molecule has 1 aromatic carbocycles. The van der Waals surface area contributed by atoms with Crippen molar-refractivity contribution in [2.45, 2.75) is 20.8 Å². The summed E-state index contributed by atoms with van der Waals surface area (Å²) in [5.74, 6) is 0.898. The van der Waals surface area contributed by atoms with Gasteiger partial charge in [0.2, 0.25) is 0 Å². The number of hydrogen-bond acceptors (Lipinski definition) is 3. The smallest absolute Gasteiger partial charge is 0.180 e. The number of anilines is 1. The van der Waals surface area contributed by atoms with Gasteiger partial charge in [0, 0.05) is 30.7 Å². The van der Waals surface area contributed by atoms with Crippen LogP contribution in [-0.2, 0) is 0 Å². The Labute approximate surface area is 129 Å². The second-order valence-electron chi connectivity index (χ2n) is 5.89. The van der Waals surface area contributed by atoms with Gasteiger partial charge in [-0.1, -0.05) is 19.9 Å². The van der Waals surface area contributed by atoms with Gasteiger partial charge in [-0.05, 0) is 30.5 Å². The van der Waals surface area contributed by atoms with E-state index in [0.717, 1.165) is 17.8 Å². The average Bonchev–Trinajstić information content (AvgIpc) is 2.93. The Morgan fingerprint density at radius 3 is 2.86 bits per heavy atom. The number of nitrogens with zero attached hydrogens (tertiary/aromatic N) is 3. The second-order valence-corrected chi connectivity index (χ2v) is 5.89. The van der Waals surface area contributed by atoms with Crippen molar-refractivity contribution in [1.29, 1.82) is 0 Å². The number of aryl methyl sites for hydroxylation is 1. The molecule has 2 aromatic heterocycles. The normalized spacial score (nSPS) is 11.3. The van der Waals surface area contributed by atoms with Crippen LogP contribution in [0.5, 0.6) is 0 Å². The molecule has 0 aliphatic rings. The average molecular weight is 298 g/mol. The quantitative estimate of drug-likeness (QED) is 0.794. The van der Waals surface area contributed by atoms with E-state index in [4.69, 9.17) is 0 Å². The lowest BCUT2D eigenvalue weighted by molar-refractivity contribution is 0.629. The van der Waals surface area contributed by atoms with Gasteiger partial charge in [0.25, 0.3) is 0 Å². The molecular formula is C17H19FN4. The molecule has 0 amide bonds. The summed E-state index contributed by atoms with van der Waals surface area (Å²) in [7, 11) is 0. The third kappa shape index (κ3) is 2.79. The number of rotatable bonds is 4. The van der Waals surface area contributed by atoms with Gasteiger partial charge in [0.1, 0.15) is 5.82 Å². The fraction of sp³-hybridized carbons (Fsp3) is 0.294. The zero-order chi connectivity index (χ0) is 15.7. The molecule has 0 unspecified atom stereocenters. The molecule has 0 saturated heterocycles. The van der Waals surface area contributed by atoms with Crippen LogP contribution in [0.3, 0.4) is 0 Å². The van der Waals surface area contributed by atoms with Gasteiger partial charge in [-0.3, -0.25) is 0 Å². The van der Waals surface area contributed by atoms with E-state index in [2.05, 4.69) is 29.1 Å². The molecule has 0 saturated carbocycles. The Kier molecular flexibility index (Phi) is 3.79. The van der Waals surface area contributed by atoms with Gasteiger partial charge in [0.05, 0.1) is 5.69 Å². The molecular weight excluding hydrogens is 279 g/mol. The third-order valence-corrected chi connectivity index (χ3v) is 3.45. The zero-order valence-electron chi connectivity index (χ0n) is 13.0. The highest BCUT2D eigenvalue weighted by Gasteiger charge is 2.12. The largest absolute Gasteiger partial charge is 0.367 e. The lowest BCUT2D eigenvalue weighted by Crippen LogP contribution is -2.11. The molecule has 22 heavy (non-hydrogen) atoms. The molecule has 2 heterocycles. The van der Waals surface area contributed by atoms with Crippen LogP contribution < -0.4 is 5.32 Å². The third-order valence-electron chi connectivity index (χ3n) is 3.45. The molecule has 0 fully saturated rings. The molecule has 0 bridgehead atoms. The van der Waals surface area contributed by atoms with E-state index >= 15 is 0 Å². The van der Waals surface area contributed by atoms with Gasteiger partial charge in [-0.2, -0.15) is 0 Å². The minimum absolute atomic E-state index is 0.262. The Morgan fingerprint density at radius 2 is 2.14 bits per heavy atom. The zero-order valence-corrected chi connectivity index (χ0v) is 13.0. The molecule has 114 valence electrons. The van der Waals surface area contributed by atoms with Crippen molar-refractivity contribution in [2.75, 3.05) is 11.9 Å². The van der Waals surface area contributed by atoms with E-state index in [1.165, 1.54) is 6.07 Å². The molecule has 4 nitrogen and oxygen atoms in total. The summed E-state index contributed by atoms with van der Waals surface area (Å²) < 4.78 is 16.1.